The van der Waals surface area contributed by atoms with Gasteiger partial charge in [-0.25, -0.2) is 0 Å². The molecule has 1 fully saturated rings. The Hall–Kier alpha value is -2.34. The van der Waals surface area contributed by atoms with Gasteiger partial charge in [-0.3, -0.25) is 9.89 Å². The Morgan fingerprint density at radius 1 is 1.24 bits per heavy atom. The summed E-state index contributed by atoms with van der Waals surface area (Å²) in [6, 6.07) is 9.31. The van der Waals surface area contributed by atoms with Crippen molar-refractivity contribution in [2.24, 2.45) is 4.99 Å². The number of nitrogens with zero attached hydrogens (tertiary/aromatic N) is 3. The lowest BCUT2D eigenvalue weighted by atomic mass is 10.0. The van der Waals surface area contributed by atoms with Crippen molar-refractivity contribution >= 4 is 5.96 Å². The normalized spacial score (nSPS) is 16.2. The summed E-state index contributed by atoms with van der Waals surface area (Å²) in [7, 11) is 0. The van der Waals surface area contributed by atoms with Crippen molar-refractivity contribution in [2.45, 2.75) is 59.5 Å². The summed E-state index contributed by atoms with van der Waals surface area (Å²) in [5, 5.41) is 11.0. The summed E-state index contributed by atoms with van der Waals surface area (Å²) in [4.78, 5) is 7.32. The summed E-state index contributed by atoms with van der Waals surface area (Å²) in [6.45, 7) is 13.1. The van der Waals surface area contributed by atoms with Gasteiger partial charge in [0, 0.05) is 44.3 Å². The molecular formula is C23H35N5O. The molecule has 3 rings (SSSR count). The molecule has 0 unspecified atom stereocenters. The lowest BCUT2D eigenvalue weighted by Gasteiger charge is -2.33. The van der Waals surface area contributed by atoms with E-state index < -0.39 is 0 Å². The van der Waals surface area contributed by atoms with Gasteiger partial charge in [0.25, 0.3) is 0 Å². The number of aryl methyl sites for hydroxylation is 3. The molecule has 0 radical (unpaired) electrons. The van der Waals surface area contributed by atoms with Crippen molar-refractivity contribution in [2.75, 3.05) is 26.2 Å². The second-order valence-electron chi connectivity index (χ2n) is 8.00. The summed E-state index contributed by atoms with van der Waals surface area (Å²) in [5.41, 5.74) is 4.89. The van der Waals surface area contributed by atoms with E-state index in [1.165, 1.54) is 16.7 Å². The number of rotatable bonds is 7. The van der Waals surface area contributed by atoms with Crippen molar-refractivity contribution in [1.82, 2.24) is 20.7 Å². The third-order valence-electron chi connectivity index (χ3n) is 5.57. The van der Waals surface area contributed by atoms with Crippen molar-refractivity contribution in [1.29, 1.82) is 0 Å². The van der Waals surface area contributed by atoms with E-state index in [1.807, 2.05) is 13.8 Å². The Kier molecular flexibility index (Phi) is 7.69. The van der Waals surface area contributed by atoms with E-state index in [0.717, 1.165) is 69.4 Å². The van der Waals surface area contributed by atoms with Crippen LogP contribution in [0.2, 0.25) is 0 Å². The number of nitrogens with one attached hydrogen (secondary N) is 2. The number of benzene rings is 1. The lowest BCUT2D eigenvalue weighted by Crippen LogP contribution is -2.48. The molecule has 158 valence electrons. The molecular weight excluding hydrogens is 362 g/mol. The molecule has 1 aliphatic heterocycles. The molecule has 1 aromatic carbocycles. The van der Waals surface area contributed by atoms with Crippen LogP contribution in [-0.2, 0) is 13.0 Å². The fourth-order valence-corrected chi connectivity index (χ4v) is 3.96. The Morgan fingerprint density at radius 3 is 2.69 bits per heavy atom. The second-order valence-corrected chi connectivity index (χ2v) is 8.00. The van der Waals surface area contributed by atoms with Crippen LogP contribution < -0.4 is 10.6 Å². The minimum absolute atomic E-state index is 0.473. The number of aliphatic imine (C=N–C) groups is 1. The molecule has 0 atom stereocenters. The maximum Gasteiger partial charge on any atom is 0.191 e. The van der Waals surface area contributed by atoms with E-state index in [1.54, 1.807) is 0 Å². The minimum Gasteiger partial charge on any atom is -0.361 e. The number of hydrogen-bond acceptors (Lipinski definition) is 4. The van der Waals surface area contributed by atoms with E-state index >= 15 is 0 Å². The van der Waals surface area contributed by atoms with Crippen LogP contribution >= 0.6 is 0 Å². The van der Waals surface area contributed by atoms with Gasteiger partial charge in [-0.05, 0) is 52.5 Å². The molecule has 2 aromatic rings. The fourth-order valence-electron chi connectivity index (χ4n) is 3.96. The largest absolute Gasteiger partial charge is 0.361 e. The van der Waals surface area contributed by atoms with Crippen LogP contribution in [0, 0.1) is 20.8 Å². The predicted octanol–water partition coefficient (Wildman–Crippen LogP) is 3.36. The Labute approximate surface area is 174 Å². The van der Waals surface area contributed by atoms with Gasteiger partial charge in [0.2, 0.25) is 0 Å². The maximum atomic E-state index is 5.25. The van der Waals surface area contributed by atoms with Crippen LogP contribution in [0.25, 0.3) is 0 Å². The highest BCUT2D eigenvalue weighted by molar-refractivity contribution is 5.80. The average Bonchev–Trinajstić information content (AvgIpc) is 3.02. The van der Waals surface area contributed by atoms with Crippen LogP contribution in [0.1, 0.15) is 47.9 Å². The van der Waals surface area contributed by atoms with Gasteiger partial charge in [-0.15, -0.1) is 0 Å². The first-order valence-corrected chi connectivity index (χ1v) is 10.8. The van der Waals surface area contributed by atoms with Crippen molar-refractivity contribution in [3.05, 3.63) is 52.4 Å². The van der Waals surface area contributed by atoms with E-state index in [4.69, 9.17) is 9.52 Å². The molecule has 1 saturated heterocycles. The summed E-state index contributed by atoms with van der Waals surface area (Å²) in [6.07, 6.45) is 3.13. The number of piperidine rings is 1. The standard InChI is InChI=1S/C23H35N5O/c1-5-24-23(25-12-9-22-18(3)27-29-19(22)4)26-21-10-13-28(14-11-21)16-20-8-6-7-17(2)15-20/h6-8,15,21H,5,9-14,16H2,1-4H3,(H2,24,25,26). The molecule has 0 spiro atoms. The van der Waals surface area contributed by atoms with Crippen molar-refractivity contribution in [3.63, 3.8) is 0 Å². The molecule has 0 aliphatic carbocycles. The molecule has 6 heteroatoms. The number of hydrogen-bond donors (Lipinski definition) is 2. The molecule has 0 saturated carbocycles. The highest BCUT2D eigenvalue weighted by Gasteiger charge is 2.20. The average molecular weight is 398 g/mol. The van der Waals surface area contributed by atoms with Gasteiger partial charge in [0.05, 0.1) is 5.69 Å². The van der Waals surface area contributed by atoms with Gasteiger partial charge in [-0.2, -0.15) is 0 Å². The number of likely N-dealkylation sites (tertiary alicyclic amines) is 1. The van der Waals surface area contributed by atoms with Gasteiger partial charge >= 0.3 is 0 Å². The van der Waals surface area contributed by atoms with Gasteiger partial charge in [0.15, 0.2) is 5.96 Å². The molecule has 29 heavy (non-hydrogen) atoms. The zero-order chi connectivity index (χ0) is 20.6. The van der Waals surface area contributed by atoms with Gasteiger partial charge < -0.3 is 15.2 Å². The molecule has 1 aromatic heterocycles. The minimum atomic E-state index is 0.473. The molecule has 1 aliphatic rings. The highest BCUT2D eigenvalue weighted by atomic mass is 16.5. The highest BCUT2D eigenvalue weighted by Crippen LogP contribution is 2.15. The van der Waals surface area contributed by atoms with Crippen LogP contribution in [-0.4, -0.2) is 48.2 Å². The van der Waals surface area contributed by atoms with E-state index in [0.29, 0.717) is 6.04 Å². The van der Waals surface area contributed by atoms with Crippen molar-refractivity contribution < 1.29 is 4.52 Å². The molecule has 2 heterocycles. The van der Waals surface area contributed by atoms with Crippen LogP contribution in [0.4, 0.5) is 0 Å². The van der Waals surface area contributed by atoms with Crippen molar-refractivity contribution in [3.8, 4) is 0 Å². The maximum absolute atomic E-state index is 5.25. The van der Waals surface area contributed by atoms with Gasteiger partial charge in [-0.1, -0.05) is 35.0 Å². The fraction of sp³-hybridized carbons (Fsp3) is 0.565. The summed E-state index contributed by atoms with van der Waals surface area (Å²) >= 11 is 0. The van der Waals surface area contributed by atoms with E-state index in [-0.39, 0.29) is 0 Å². The molecule has 6 nitrogen and oxygen atoms in total. The predicted molar refractivity (Wildman–Crippen MR) is 118 cm³/mol. The van der Waals surface area contributed by atoms with E-state index in [2.05, 4.69) is 58.8 Å². The summed E-state index contributed by atoms with van der Waals surface area (Å²) in [5.74, 6) is 1.81. The van der Waals surface area contributed by atoms with E-state index in [9.17, 15) is 0 Å². The summed E-state index contributed by atoms with van der Waals surface area (Å²) < 4.78 is 5.25. The zero-order valence-electron chi connectivity index (χ0n) is 18.3. The topological polar surface area (TPSA) is 65.7 Å². The van der Waals surface area contributed by atoms with Gasteiger partial charge in [0.1, 0.15) is 5.76 Å². The molecule has 2 N–H and O–H groups in total. The second kappa shape index (κ2) is 10.4. The van der Waals surface area contributed by atoms with Crippen LogP contribution in [0.3, 0.4) is 0 Å². The number of aromatic nitrogens is 1. The smallest absolute Gasteiger partial charge is 0.191 e. The first kappa shape index (κ1) is 21.4. The molecule has 0 bridgehead atoms. The van der Waals surface area contributed by atoms with Crippen LogP contribution in [0.15, 0.2) is 33.8 Å². The Bertz CT molecular complexity index is 786. The zero-order valence-corrected chi connectivity index (χ0v) is 18.3. The monoisotopic (exact) mass is 397 g/mol. The first-order chi connectivity index (χ1) is 14.0. The molecule has 0 amide bonds. The third kappa shape index (κ3) is 6.32. The Balaban J connectivity index is 1.47. The third-order valence-corrected chi connectivity index (χ3v) is 5.57. The van der Waals surface area contributed by atoms with Crippen LogP contribution in [0.5, 0.6) is 0 Å². The SMILES string of the molecule is CCNC(=NCCc1c(C)noc1C)NC1CCN(Cc2cccc(C)c2)CC1. The lowest BCUT2D eigenvalue weighted by molar-refractivity contribution is 0.198. The quantitative estimate of drug-likeness (QED) is 0.554. The first-order valence-electron chi connectivity index (χ1n) is 10.8. The Morgan fingerprint density at radius 2 is 2.03 bits per heavy atom. The number of guanidine groups is 1.